The average Bonchev–Trinajstić information content (AvgIpc) is 2.46. The van der Waals surface area contributed by atoms with Crippen molar-refractivity contribution in [1.82, 2.24) is 0 Å². The van der Waals surface area contributed by atoms with Crippen LogP contribution in [-0.4, -0.2) is 23.6 Å². The molecule has 3 nitrogen and oxygen atoms in total. The summed E-state index contributed by atoms with van der Waals surface area (Å²) in [7, 11) is 0. The van der Waals surface area contributed by atoms with Crippen molar-refractivity contribution in [1.29, 1.82) is 0 Å². The smallest absolute Gasteiger partial charge is 0.315 e. The second-order valence-electron chi connectivity index (χ2n) is 7.00. The van der Waals surface area contributed by atoms with Gasteiger partial charge in [0.05, 0.1) is 12.0 Å². The molecule has 1 saturated heterocycles. The Morgan fingerprint density at radius 1 is 1.30 bits per heavy atom. The van der Waals surface area contributed by atoms with E-state index < -0.39 is 6.29 Å². The second-order valence-corrected chi connectivity index (χ2v) is 9.13. The molecule has 0 amide bonds. The fourth-order valence-electron chi connectivity index (χ4n) is 2.63. The van der Waals surface area contributed by atoms with Gasteiger partial charge in [-0.3, -0.25) is 4.79 Å². The van der Waals surface area contributed by atoms with Gasteiger partial charge >= 0.3 is 5.97 Å². The van der Waals surface area contributed by atoms with Gasteiger partial charge in [-0.05, 0) is 41.4 Å². The maximum absolute atomic E-state index is 12.6. The molecule has 1 aliphatic heterocycles. The summed E-state index contributed by atoms with van der Waals surface area (Å²) in [6.07, 6.45) is 0.243. The van der Waals surface area contributed by atoms with Crippen LogP contribution in [0.2, 0.25) is 0 Å². The number of thioether (sulfide) groups is 1. The van der Waals surface area contributed by atoms with E-state index in [1.165, 1.54) is 0 Å². The van der Waals surface area contributed by atoms with Crippen LogP contribution in [0.1, 0.15) is 41.0 Å². The molecule has 4 atom stereocenters. The predicted octanol–water partition coefficient (Wildman–Crippen LogP) is 5.27. The monoisotopic (exact) mass is 400 g/mol. The van der Waals surface area contributed by atoms with Crippen molar-refractivity contribution in [2.45, 2.75) is 63.6 Å². The molecule has 2 rings (SSSR count). The predicted molar refractivity (Wildman–Crippen MR) is 97.5 cm³/mol. The zero-order chi connectivity index (χ0) is 17.2. The van der Waals surface area contributed by atoms with Crippen molar-refractivity contribution in [2.24, 2.45) is 11.3 Å². The van der Waals surface area contributed by atoms with Crippen LogP contribution in [0, 0.1) is 11.3 Å². The maximum atomic E-state index is 12.6. The number of carbonyl (C=O) groups is 1. The third-order valence-electron chi connectivity index (χ3n) is 3.96. The Hall–Kier alpha value is -0.520. The van der Waals surface area contributed by atoms with Crippen molar-refractivity contribution < 1.29 is 14.3 Å². The zero-order valence-corrected chi connectivity index (χ0v) is 16.7. The summed E-state index contributed by atoms with van der Waals surface area (Å²) >= 11 is 5.29. The van der Waals surface area contributed by atoms with E-state index in [0.717, 1.165) is 15.8 Å². The Morgan fingerprint density at radius 3 is 2.48 bits per heavy atom. The highest BCUT2D eigenvalue weighted by Crippen LogP contribution is 2.40. The van der Waals surface area contributed by atoms with E-state index in [4.69, 9.17) is 9.47 Å². The topological polar surface area (TPSA) is 35.5 Å². The minimum atomic E-state index is -0.479. The molecule has 0 bridgehead atoms. The average molecular weight is 401 g/mol. The van der Waals surface area contributed by atoms with Gasteiger partial charge < -0.3 is 9.47 Å². The van der Waals surface area contributed by atoms with E-state index in [0.29, 0.717) is 0 Å². The summed E-state index contributed by atoms with van der Waals surface area (Å²) in [6, 6.07) is 8.08. The normalized spacial score (nSPS) is 26.7. The molecule has 128 valence electrons. The third-order valence-corrected chi connectivity index (χ3v) is 6.46. The highest BCUT2D eigenvalue weighted by molar-refractivity contribution is 9.10. The Morgan fingerprint density at radius 2 is 1.96 bits per heavy atom. The summed E-state index contributed by atoms with van der Waals surface area (Å²) in [5.41, 5.74) is -0.216. The van der Waals surface area contributed by atoms with Crippen LogP contribution in [0.15, 0.2) is 33.6 Å². The largest absolute Gasteiger partial charge is 0.435 e. The van der Waals surface area contributed by atoms with E-state index in [2.05, 4.69) is 28.9 Å². The van der Waals surface area contributed by atoms with Crippen molar-refractivity contribution in [3.8, 4) is 0 Å². The number of hydrogen-bond acceptors (Lipinski definition) is 4. The quantitative estimate of drug-likeness (QED) is 0.509. The lowest BCUT2D eigenvalue weighted by Gasteiger charge is -2.41. The molecule has 1 aromatic carbocycles. The molecule has 23 heavy (non-hydrogen) atoms. The highest BCUT2D eigenvalue weighted by Gasteiger charge is 2.45. The first-order valence-corrected chi connectivity index (χ1v) is 9.68. The molecule has 0 unspecified atom stereocenters. The molecule has 0 aliphatic carbocycles. The second kappa shape index (κ2) is 7.58. The Labute approximate surface area is 151 Å². The SMILES string of the molecule is CC[C@@H](Sc1ccccc1Br)[C@H]1C(=O)O[C@H](C(C)(C)C)O[C@@H]1C. The standard InChI is InChI=1S/C18H25BrO3S/c1-6-13(23-14-10-8-7-9-12(14)19)15-11(2)21-17(18(3,4)5)22-16(15)20/h7-11,13,15,17H,6H2,1-5H3/t11-,13-,15+,17-/m1/s1. The Bertz CT molecular complexity index is 555. The van der Waals surface area contributed by atoms with E-state index in [-0.39, 0.29) is 28.7 Å². The fraction of sp³-hybridized carbons (Fsp3) is 0.611. The maximum Gasteiger partial charge on any atom is 0.315 e. The Kier molecular flexibility index (Phi) is 6.20. The molecule has 0 N–H and O–H groups in total. The van der Waals surface area contributed by atoms with Crippen LogP contribution in [0.25, 0.3) is 0 Å². The molecule has 0 radical (unpaired) electrons. The molecule has 0 aromatic heterocycles. The first-order chi connectivity index (χ1) is 10.7. The van der Waals surface area contributed by atoms with Crippen LogP contribution >= 0.6 is 27.7 Å². The van der Waals surface area contributed by atoms with Gasteiger partial charge in [-0.2, -0.15) is 0 Å². The number of esters is 1. The van der Waals surface area contributed by atoms with Gasteiger partial charge in [-0.1, -0.05) is 39.8 Å². The molecule has 0 saturated carbocycles. The number of cyclic esters (lactones) is 1. The molecule has 5 heteroatoms. The first kappa shape index (κ1) is 18.8. The van der Waals surface area contributed by atoms with Crippen molar-refractivity contribution in [3.05, 3.63) is 28.7 Å². The number of halogens is 1. The lowest BCUT2D eigenvalue weighted by Crippen LogP contribution is -2.50. The third kappa shape index (κ3) is 4.52. The van der Waals surface area contributed by atoms with Crippen LogP contribution in [0.5, 0.6) is 0 Å². The van der Waals surface area contributed by atoms with E-state index in [1.54, 1.807) is 11.8 Å². The molecule has 1 aromatic rings. The van der Waals surface area contributed by atoms with E-state index >= 15 is 0 Å². The molecule has 0 spiro atoms. The van der Waals surface area contributed by atoms with Crippen LogP contribution in [0.4, 0.5) is 0 Å². The minimum absolute atomic E-state index is 0.122. The number of benzene rings is 1. The van der Waals surface area contributed by atoms with Crippen LogP contribution in [0.3, 0.4) is 0 Å². The summed E-state index contributed by atoms with van der Waals surface area (Å²) in [5, 5.41) is 0.122. The number of carbonyl (C=O) groups excluding carboxylic acids is 1. The summed E-state index contributed by atoms with van der Waals surface area (Å²) in [5.74, 6) is -0.397. The van der Waals surface area contributed by atoms with Gasteiger partial charge in [0.15, 0.2) is 0 Å². The van der Waals surface area contributed by atoms with Gasteiger partial charge in [-0.15, -0.1) is 11.8 Å². The molecule has 1 aliphatic rings. The van der Waals surface area contributed by atoms with E-state index in [9.17, 15) is 4.79 Å². The number of hydrogen-bond donors (Lipinski definition) is 0. The van der Waals surface area contributed by atoms with Crippen molar-refractivity contribution >= 4 is 33.7 Å². The van der Waals surface area contributed by atoms with Gasteiger partial charge in [0.25, 0.3) is 0 Å². The highest BCUT2D eigenvalue weighted by atomic mass is 79.9. The fourth-order valence-corrected chi connectivity index (χ4v) is 4.51. The van der Waals surface area contributed by atoms with Crippen molar-refractivity contribution in [3.63, 3.8) is 0 Å². The van der Waals surface area contributed by atoms with Crippen molar-refractivity contribution in [2.75, 3.05) is 0 Å². The Balaban J connectivity index is 2.15. The molecular weight excluding hydrogens is 376 g/mol. The molecular formula is C18H25BrO3S. The molecule has 1 fully saturated rings. The first-order valence-electron chi connectivity index (χ1n) is 8.01. The summed E-state index contributed by atoms with van der Waals surface area (Å²) in [6.45, 7) is 10.1. The van der Waals surface area contributed by atoms with Gasteiger partial charge in [0, 0.05) is 20.0 Å². The number of ether oxygens (including phenoxy) is 2. The minimum Gasteiger partial charge on any atom is -0.435 e. The summed E-state index contributed by atoms with van der Waals surface area (Å²) in [4.78, 5) is 13.7. The molecule has 1 heterocycles. The van der Waals surface area contributed by atoms with Crippen LogP contribution in [-0.2, 0) is 14.3 Å². The lowest BCUT2D eigenvalue weighted by atomic mass is 9.92. The van der Waals surface area contributed by atoms with Gasteiger partial charge in [0.2, 0.25) is 6.29 Å². The zero-order valence-electron chi connectivity index (χ0n) is 14.3. The van der Waals surface area contributed by atoms with E-state index in [1.807, 2.05) is 45.9 Å². The number of rotatable bonds is 4. The van der Waals surface area contributed by atoms with Gasteiger partial charge in [-0.25, -0.2) is 0 Å². The van der Waals surface area contributed by atoms with Gasteiger partial charge in [0.1, 0.15) is 0 Å². The lowest BCUT2D eigenvalue weighted by molar-refractivity contribution is -0.253. The summed E-state index contributed by atoms with van der Waals surface area (Å²) < 4.78 is 12.7. The van der Waals surface area contributed by atoms with Crippen LogP contribution < -0.4 is 0 Å².